The van der Waals surface area contributed by atoms with Crippen LogP contribution in [-0.4, -0.2) is 19.1 Å². The summed E-state index contributed by atoms with van der Waals surface area (Å²) in [5.41, 5.74) is 1.88. The molecule has 0 aliphatic carbocycles. The van der Waals surface area contributed by atoms with Crippen LogP contribution in [0.2, 0.25) is 0 Å². The lowest BCUT2D eigenvalue weighted by Gasteiger charge is -2.12. The minimum atomic E-state index is -0.164. The number of ether oxygens (including phenoxy) is 1. The van der Waals surface area contributed by atoms with Gasteiger partial charge in [0.15, 0.2) is 6.61 Å². The lowest BCUT2D eigenvalue weighted by atomic mass is 10.1. The van der Waals surface area contributed by atoms with Crippen LogP contribution >= 0.6 is 0 Å². The van der Waals surface area contributed by atoms with Crippen molar-refractivity contribution in [1.82, 2.24) is 5.32 Å². The van der Waals surface area contributed by atoms with Gasteiger partial charge in [0.2, 0.25) is 0 Å². The van der Waals surface area contributed by atoms with E-state index in [2.05, 4.69) is 17.6 Å². The molecule has 2 rings (SSSR count). The smallest absolute Gasteiger partial charge is 0.262 e. The third-order valence-electron chi connectivity index (χ3n) is 2.97. The molecule has 0 radical (unpaired) electrons. The minimum Gasteiger partial charge on any atom is -0.484 e. The molecule has 4 nitrogen and oxygen atoms in total. The topological polar surface area (TPSA) is 50.4 Å². The summed E-state index contributed by atoms with van der Waals surface area (Å²) in [4.78, 5) is 12.0. The summed E-state index contributed by atoms with van der Waals surface area (Å²) >= 11 is 0. The molecule has 0 bridgehead atoms. The van der Waals surface area contributed by atoms with Crippen LogP contribution in [0.1, 0.15) is 12.5 Å². The molecule has 2 aromatic carbocycles. The lowest BCUT2D eigenvalue weighted by molar-refractivity contribution is -0.118. The van der Waals surface area contributed by atoms with Gasteiger partial charge in [-0.15, -0.1) is 0 Å². The van der Waals surface area contributed by atoms with Crippen molar-refractivity contribution in [3.63, 3.8) is 0 Å². The fourth-order valence-electron chi connectivity index (χ4n) is 1.91. The van der Waals surface area contributed by atoms with Crippen LogP contribution in [0.3, 0.4) is 0 Å². The van der Waals surface area contributed by atoms with Gasteiger partial charge in [-0.05, 0) is 30.3 Å². The predicted octanol–water partition coefficient (Wildman–Crippen LogP) is 2.81. The Morgan fingerprint density at radius 3 is 2.52 bits per heavy atom. The normalized spacial score (nSPS) is 10.1. The van der Waals surface area contributed by atoms with E-state index in [0.717, 1.165) is 24.3 Å². The van der Waals surface area contributed by atoms with Crippen LogP contribution in [0, 0.1) is 0 Å². The van der Waals surface area contributed by atoms with Crippen molar-refractivity contribution in [2.45, 2.75) is 13.5 Å². The molecule has 2 N–H and O–H groups in total. The molecule has 0 aromatic heterocycles. The Labute approximate surface area is 125 Å². The first-order valence-corrected chi connectivity index (χ1v) is 7.06. The third-order valence-corrected chi connectivity index (χ3v) is 2.97. The fraction of sp³-hybridized carbons (Fsp3) is 0.235. The zero-order chi connectivity index (χ0) is 14.9. The van der Waals surface area contributed by atoms with Crippen molar-refractivity contribution in [2.24, 2.45) is 0 Å². The highest BCUT2D eigenvalue weighted by Gasteiger charge is 2.07. The van der Waals surface area contributed by atoms with E-state index in [1.165, 1.54) is 0 Å². The summed E-state index contributed by atoms with van der Waals surface area (Å²) in [6.07, 6.45) is 0. The summed E-state index contributed by atoms with van der Waals surface area (Å²) in [6, 6.07) is 17.1. The van der Waals surface area contributed by atoms with E-state index in [1.807, 2.05) is 54.6 Å². The van der Waals surface area contributed by atoms with Gasteiger partial charge in [0, 0.05) is 12.2 Å². The number of carbonyl (C=O) groups excluding carboxylic acids is 1. The molecule has 0 aliphatic rings. The van der Waals surface area contributed by atoms with Crippen molar-refractivity contribution in [3.8, 4) is 5.75 Å². The Morgan fingerprint density at radius 1 is 1.05 bits per heavy atom. The van der Waals surface area contributed by atoms with Gasteiger partial charge in [-0.2, -0.15) is 0 Å². The second-order valence-corrected chi connectivity index (χ2v) is 4.59. The fourth-order valence-corrected chi connectivity index (χ4v) is 1.91. The molecule has 0 saturated carbocycles. The summed E-state index contributed by atoms with van der Waals surface area (Å²) in [5, 5.41) is 6.14. The Bertz CT molecular complexity index is 570. The maximum absolute atomic E-state index is 12.0. The zero-order valence-corrected chi connectivity index (χ0v) is 12.1. The number of carbonyl (C=O) groups is 1. The summed E-state index contributed by atoms with van der Waals surface area (Å²) in [5.74, 6) is 0.524. The molecule has 1 amide bonds. The van der Waals surface area contributed by atoms with Gasteiger partial charge in [-0.25, -0.2) is 0 Å². The van der Waals surface area contributed by atoms with Gasteiger partial charge in [0.1, 0.15) is 5.75 Å². The van der Waals surface area contributed by atoms with E-state index in [1.54, 1.807) is 0 Å². The first-order valence-electron chi connectivity index (χ1n) is 7.06. The maximum atomic E-state index is 12.0. The number of benzene rings is 2. The molecular formula is C17H20N2O2. The van der Waals surface area contributed by atoms with Crippen LogP contribution < -0.4 is 15.4 Å². The third kappa shape index (κ3) is 4.93. The monoisotopic (exact) mass is 284 g/mol. The van der Waals surface area contributed by atoms with Crippen molar-refractivity contribution in [3.05, 3.63) is 60.2 Å². The Kier molecular flexibility index (Phi) is 5.79. The molecule has 0 unspecified atom stereocenters. The quantitative estimate of drug-likeness (QED) is 0.822. The maximum Gasteiger partial charge on any atom is 0.262 e. The van der Waals surface area contributed by atoms with Gasteiger partial charge >= 0.3 is 0 Å². The van der Waals surface area contributed by atoms with Crippen LogP contribution in [0.5, 0.6) is 5.75 Å². The van der Waals surface area contributed by atoms with E-state index in [-0.39, 0.29) is 12.5 Å². The molecule has 0 heterocycles. The van der Waals surface area contributed by atoms with Gasteiger partial charge in [0.25, 0.3) is 5.91 Å². The molecule has 0 spiro atoms. The van der Waals surface area contributed by atoms with Crippen LogP contribution in [0.15, 0.2) is 54.6 Å². The average Bonchev–Trinajstić information content (AvgIpc) is 2.53. The second-order valence-electron chi connectivity index (χ2n) is 4.59. The largest absolute Gasteiger partial charge is 0.484 e. The number of para-hydroxylation sites is 2. The summed E-state index contributed by atoms with van der Waals surface area (Å²) < 4.78 is 5.43. The Hall–Kier alpha value is -2.33. The summed E-state index contributed by atoms with van der Waals surface area (Å²) in [7, 11) is 0. The summed E-state index contributed by atoms with van der Waals surface area (Å²) in [6.45, 7) is 3.67. The molecule has 0 saturated heterocycles. The van der Waals surface area contributed by atoms with E-state index in [4.69, 9.17) is 4.74 Å². The average molecular weight is 284 g/mol. The van der Waals surface area contributed by atoms with Crippen molar-refractivity contribution >= 4 is 11.6 Å². The van der Waals surface area contributed by atoms with E-state index in [0.29, 0.717) is 5.75 Å². The first kappa shape index (κ1) is 15.1. The predicted molar refractivity (Wildman–Crippen MR) is 84.4 cm³/mol. The lowest BCUT2D eigenvalue weighted by Crippen LogP contribution is -2.22. The molecule has 110 valence electrons. The van der Waals surface area contributed by atoms with Crippen molar-refractivity contribution in [2.75, 3.05) is 18.5 Å². The van der Waals surface area contributed by atoms with Gasteiger partial charge in [0.05, 0.1) is 0 Å². The molecule has 0 atom stereocenters. The first-order chi connectivity index (χ1) is 10.3. The Balaban J connectivity index is 1.90. The molecule has 4 heteroatoms. The van der Waals surface area contributed by atoms with E-state index in [9.17, 15) is 4.79 Å². The number of nitrogens with one attached hydrogen (secondary N) is 2. The number of hydrogen-bond donors (Lipinski definition) is 2. The number of hydrogen-bond acceptors (Lipinski definition) is 3. The van der Waals surface area contributed by atoms with E-state index < -0.39 is 0 Å². The van der Waals surface area contributed by atoms with Gasteiger partial charge in [-0.1, -0.05) is 43.3 Å². The molecule has 0 fully saturated rings. The number of rotatable bonds is 7. The SMILES string of the molecule is CCNCc1ccccc1NC(=O)COc1ccccc1. The number of anilines is 1. The van der Waals surface area contributed by atoms with Gasteiger partial charge < -0.3 is 15.4 Å². The van der Waals surface area contributed by atoms with Crippen molar-refractivity contribution < 1.29 is 9.53 Å². The highest BCUT2D eigenvalue weighted by atomic mass is 16.5. The molecular weight excluding hydrogens is 264 g/mol. The molecule has 2 aromatic rings. The van der Waals surface area contributed by atoms with E-state index >= 15 is 0 Å². The van der Waals surface area contributed by atoms with Crippen molar-refractivity contribution in [1.29, 1.82) is 0 Å². The highest BCUT2D eigenvalue weighted by molar-refractivity contribution is 5.92. The van der Waals surface area contributed by atoms with Gasteiger partial charge in [-0.3, -0.25) is 4.79 Å². The Morgan fingerprint density at radius 2 is 1.76 bits per heavy atom. The number of amides is 1. The highest BCUT2D eigenvalue weighted by Crippen LogP contribution is 2.15. The van der Waals surface area contributed by atoms with Crippen LogP contribution in [-0.2, 0) is 11.3 Å². The second kappa shape index (κ2) is 8.07. The van der Waals surface area contributed by atoms with Crippen LogP contribution in [0.25, 0.3) is 0 Å². The molecule has 21 heavy (non-hydrogen) atoms. The standard InChI is InChI=1S/C17H20N2O2/c1-2-18-12-14-8-6-7-11-16(14)19-17(20)13-21-15-9-4-3-5-10-15/h3-11,18H,2,12-13H2,1H3,(H,19,20). The zero-order valence-electron chi connectivity index (χ0n) is 12.1. The van der Waals surface area contributed by atoms with Crippen LogP contribution in [0.4, 0.5) is 5.69 Å². The minimum absolute atomic E-state index is 0.000442. The molecule has 0 aliphatic heterocycles.